The molecule has 11 heavy (non-hydrogen) atoms. The SMILES string of the molecule is Cc1ncc(N)c2occc12. The van der Waals surface area contributed by atoms with Crippen molar-refractivity contribution in [3.8, 4) is 0 Å². The maximum atomic E-state index is 5.61. The van der Waals surface area contributed by atoms with Gasteiger partial charge in [-0.3, -0.25) is 4.98 Å². The third-order valence-corrected chi connectivity index (χ3v) is 1.71. The van der Waals surface area contributed by atoms with Crippen LogP contribution in [0.5, 0.6) is 0 Å². The Hall–Kier alpha value is -1.51. The van der Waals surface area contributed by atoms with Crippen molar-refractivity contribution in [2.75, 3.05) is 5.73 Å². The molecule has 3 nitrogen and oxygen atoms in total. The number of anilines is 1. The van der Waals surface area contributed by atoms with E-state index in [0.717, 1.165) is 16.7 Å². The van der Waals surface area contributed by atoms with E-state index < -0.39 is 0 Å². The van der Waals surface area contributed by atoms with Crippen molar-refractivity contribution in [2.24, 2.45) is 0 Å². The third-order valence-electron chi connectivity index (χ3n) is 1.71. The van der Waals surface area contributed by atoms with Crippen molar-refractivity contribution in [2.45, 2.75) is 6.92 Å². The molecule has 0 aliphatic carbocycles. The predicted molar refractivity (Wildman–Crippen MR) is 43.2 cm³/mol. The molecular weight excluding hydrogens is 140 g/mol. The third kappa shape index (κ3) is 0.774. The molecule has 0 saturated heterocycles. The number of pyridine rings is 1. The van der Waals surface area contributed by atoms with Crippen LogP contribution >= 0.6 is 0 Å². The van der Waals surface area contributed by atoms with Gasteiger partial charge in [-0.25, -0.2) is 0 Å². The average molecular weight is 148 g/mol. The van der Waals surface area contributed by atoms with E-state index in [-0.39, 0.29) is 0 Å². The van der Waals surface area contributed by atoms with E-state index in [0.29, 0.717) is 5.69 Å². The zero-order valence-electron chi connectivity index (χ0n) is 6.16. The molecule has 0 fully saturated rings. The first kappa shape index (κ1) is 6.22. The molecule has 2 rings (SSSR count). The van der Waals surface area contributed by atoms with Crippen LogP contribution in [0.1, 0.15) is 5.69 Å². The molecule has 2 aromatic rings. The van der Waals surface area contributed by atoms with E-state index in [2.05, 4.69) is 4.98 Å². The molecule has 2 N–H and O–H groups in total. The van der Waals surface area contributed by atoms with E-state index >= 15 is 0 Å². The zero-order chi connectivity index (χ0) is 7.84. The van der Waals surface area contributed by atoms with Gasteiger partial charge in [0.05, 0.1) is 18.1 Å². The number of hydrogen-bond donors (Lipinski definition) is 1. The Morgan fingerprint density at radius 2 is 2.36 bits per heavy atom. The number of nitrogen functional groups attached to an aromatic ring is 1. The van der Waals surface area contributed by atoms with Gasteiger partial charge in [-0.2, -0.15) is 0 Å². The second kappa shape index (κ2) is 1.99. The Morgan fingerprint density at radius 1 is 1.55 bits per heavy atom. The Balaban J connectivity index is 2.96. The topological polar surface area (TPSA) is 52.0 Å². The minimum Gasteiger partial charge on any atom is -0.462 e. The summed E-state index contributed by atoms with van der Waals surface area (Å²) in [6.45, 7) is 1.93. The van der Waals surface area contributed by atoms with Gasteiger partial charge in [0.2, 0.25) is 0 Å². The molecule has 0 bridgehead atoms. The Kier molecular flexibility index (Phi) is 1.12. The summed E-state index contributed by atoms with van der Waals surface area (Å²) in [6.07, 6.45) is 3.23. The van der Waals surface area contributed by atoms with E-state index in [9.17, 15) is 0 Å². The number of hydrogen-bond acceptors (Lipinski definition) is 3. The molecule has 0 aliphatic heterocycles. The summed E-state index contributed by atoms with van der Waals surface area (Å²) >= 11 is 0. The number of fused-ring (bicyclic) bond motifs is 1. The van der Waals surface area contributed by atoms with Gasteiger partial charge in [0.15, 0.2) is 5.58 Å². The van der Waals surface area contributed by atoms with Crippen molar-refractivity contribution >= 4 is 16.7 Å². The summed E-state index contributed by atoms with van der Waals surface area (Å²) in [7, 11) is 0. The lowest BCUT2D eigenvalue weighted by atomic mass is 10.2. The van der Waals surface area contributed by atoms with Crippen molar-refractivity contribution in [3.05, 3.63) is 24.2 Å². The molecule has 2 heterocycles. The van der Waals surface area contributed by atoms with Crippen LogP contribution in [-0.4, -0.2) is 4.98 Å². The van der Waals surface area contributed by atoms with Crippen LogP contribution in [0.25, 0.3) is 11.0 Å². The van der Waals surface area contributed by atoms with Gasteiger partial charge in [-0.1, -0.05) is 0 Å². The van der Waals surface area contributed by atoms with Crippen molar-refractivity contribution in [3.63, 3.8) is 0 Å². The molecule has 2 aromatic heterocycles. The molecule has 0 saturated carbocycles. The first-order valence-corrected chi connectivity index (χ1v) is 3.37. The van der Waals surface area contributed by atoms with Crippen LogP contribution in [-0.2, 0) is 0 Å². The smallest absolute Gasteiger partial charge is 0.160 e. The maximum Gasteiger partial charge on any atom is 0.160 e. The van der Waals surface area contributed by atoms with Crippen LogP contribution in [0.4, 0.5) is 5.69 Å². The van der Waals surface area contributed by atoms with Crippen LogP contribution < -0.4 is 5.73 Å². The van der Waals surface area contributed by atoms with Gasteiger partial charge in [0.25, 0.3) is 0 Å². The lowest BCUT2D eigenvalue weighted by molar-refractivity contribution is 0.617. The van der Waals surface area contributed by atoms with E-state index in [1.807, 2.05) is 13.0 Å². The highest BCUT2D eigenvalue weighted by Gasteiger charge is 2.03. The van der Waals surface area contributed by atoms with Gasteiger partial charge >= 0.3 is 0 Å². The molecule has 0 unspecified atom stereocenters. The van der Waals surface area contributed by atoms with E-state index in [1.165, 1.54) is 0 Å². The zero-order valence-corrected chi connectivity index (χ0v) is 6.16. The molecule has 0 aromatic carbocycles. The fourth-order valence-corrected chi connectivity index (χ4v) is 1.11. The number of nitrogens with zero attached hydrogens (tertiary/aromatic N) is 1. The molecule has 0 aliphatic rings. The first-order valence-electron chi connectivity index (χ1n) is 3.37. The number of nitrogens with two attached hydrogens (primary N) is 1. The lowest BCUT2D eigenvalue weighted by Crippen LogP contribution is -1.88. The number of aromatic nitrogens is 1. The van der Waals surface area contributed by atoms with Gasteiger partial charge in [0, 0.05) is 11.1 Å². The molecule has 0 atom stereocenters. The lowest BCUT2D eigenvalue weighted by Gasteiger charge is -1.95. The van der Waals surface area contributed by atoms with Crippen LogP contribution in [0.2, 0.25) is 0 Å². The van der Waals surface area contributed by atoms with Gasteiger partial charge in [0.1, 0.15) is 0 Å². The highest BCUT2D eigenvalue weighted by molar-refractivity contribution is 5.88. The predicted octanol–water partition coefficient (Wildman–Crippen LogP) is 1.72. The number of furan rings is 1. The van der Waals surface area contributed by atoms with Crippen LogP contribution in [0.3, 0.4) is 0 Å². The Labute approximate surface area is 63.8 Å². The molecule has 0 radical (unpaired) electrons. The number of aryl methyl sites for hydroxylation is 1. The minimum atomic E-state index is 0.593. The standard InChI is InChI=1S/C8H8N2O/c1-5-6-2-3-11-8(6)7(9)4-10-5/h2-4H,9H2,1H3. The fraction of sp³-hybridized carbons (Fsp3) is 0.125. The average Bonchev–Trinajstić information content (AvgIpc) is 2.45. The molecule has 0 spiro atoms. The Bertz CT molecular complexity index is 356. The summed E-state index contributed by atoms with van der Waals surface area (Å²) < 4.78 is 5.16. The van der Waals surface area contributed by atoms with Gasteiger partial charge < -0.3 is 10.2 Å². The monoisotopic (exact) mass is 148 g/mol. The quantitative estimate of drug-likeness (QED) is 0.618. The molecule has 3 heteroatoms. The summed E-state index contributed by atoms with van der Waals surface area (Å²) in [4.78, 5) is 4.09. The highest BCUT2D eigenvalue weighted by atomic mass is 16.3. The minimum absolute atomic E-state index is 0.593. The fourth-order valence-electron chi connectivity index (χ4n) is 1.11. The van der Waals surface area contributed by atoms with E-state index in [4.69, 9.17) is 10.2 Å². The summed E-state index contributed by atoms with van der Waals surface area (Å²) in [5.74, 6) is 0. The normalized spacial score (nSPS) is 10.6. The van der Waals surface area contributed by atoms with Crippen LogP contribution in [0.15, 0.2) is 22.9 Å². The van der Waals surface area contributed by atoms with Crippen molar-refractivity contribution in [1.29, 1.82) is 0 Å². The first-order chi connectivity index (χ1) is 5.29. The maximum absolute atomic E-state index is 5.61. The largest absolute Gasteiger partial charge is 0.462 e. The summed E-state index contributed by atoms with van der Waals surface area (Å²) in [5.41, 5.74) is 7.89. The number of rotatable bonds is 0. The van der Waals surface area contributed by atoms with Crippen molar-refractivity contribution < 1.29 is 4.42 Å². The summed E-state index contributed by atoms with van der Waals surface area (Å²) in [5, 5.41) is 0.991. The second-order valence-corrected chi connectivity index (χ2v) is 2.46. The molecule has 56 valence electrons. The Morgan fingerprint density at radius 3 is 3.09 bits per heavy atom. The summed E-state index contributed by atoms with van der Waals surface area (Å²) in [6, 6.07) is 1.87. The molecule has 0 amide bonds. The highest BCUT2D eigenvalue weighted by Crippen LogP contribution is 2.22. The van der Waals surface area contributed by atoms with Gasteiger partial charge in [-0.05, 0) is 13.0 Å². The van der Waals surface area contributed by atoms with Crippen molar-refractivity contribution in [1.82, 2.24) is 4.98 Å². The van der Waals surface area contributed by atoms with E-state index in [1.54, 1.807) is 12.5 Å². The van der Waals surface area contributed by atoms with Crippen LogP contribution in [0, 0.1) is 6.92 Å². The van der Waals surface area contributed by atoms with Gasteiger partial charge in [-0.15, -0.1) is 0 Å². The molecular formula is C8H8N2O. The second-order valence-electron chi connectivity index (χ2n) is 2.46.